The minimum Gasteiger partial charge on any atom is -0.463 e. The summed E-state index contributed by atoms with van der Waals surface area (Å²) in [6.07, 6.45) is 2.90. The number of carbonyl (C=O) groups excluding carboxylic acids is 2. The number of hydrogen-bond donors (Lipinski definition) is 0. The predicted molar refractivity (Wildman–Crippen MR) is 83.6 cm³/mol. The third-order valence-electron chi connectivity index (χ3n) is 2.69. The zero-order valence-corrected chi connectivity index (χ0v) is 14.1. The molecule has 0 saturated carbocycles. The van der Waals surface area contributed by atoms with Crippen molar-refractivity contribution in [2.24, 2.45) is 0 Å². The number of hydroxylamine groups is 2. The second-order valence-corrected chi connectivity index (χ2v) is 5.05. The SMILES string of the molecule is CCCOC(=O)/C=C/C(=O)ON1CCOC(CN(C)C)C1.Cl. The van der Waals surface area contributed by atoms with Crippen molar-refractivity contribution in [3.8, 4) is 0 Å². The average molecular weight is 337 g/mol. The Bertz CT molecular complexity index is 376. The molecule has 1 aliphatic rings. The van der Waals surface area contributed by atoms with Crippen molar-refractivity contribution in [2.75, 3.05) is 46.9 Å². The topological polar surface area (TPSA) is 68.3 Å². The zero-order chi connectivity index (χ0) is 15.7. The molecular weight excluding hydrogens is 312 g/mol. The van der Waals surface area contributed by atoms with Crippen LogP contribution in [0.5, 0.6) is 0 Å². The summed E-state index contributed by atoms with van der Waals surface area (Å²) in [7, 11) is 3.91. The lowest BCUT2D eigenvalue weighted by Gasteiger charge is -2.32. The molecule has 22 heavy (non-hydrogen) atoms. The average Bonchev–Trinajstić information content (AvgIpc) is 2.42. The maximum Gasteiger partial charge on any atom is 0.349 e. The van der Waals surface area contributed by atoms with Crippen LogP contribution in [0, 0.1) is 0 Å². The van der Waals surface area contributed by atoms with Gasteiger partial charge in [0.25, 0.3) is 0 Å². The van der Waals surface area contributed by atoms with Crippen LogP contribution in [0.15, 0.2) is 12.2 Å². The molecule has 1 atom stereocenters. The fourth-order valence-corrected chi connectivity index (χ4v) is 1.84. The fourth-order valence-electron chi connectivity index (χ4n) is 1.84. The molecule has 1 aliphatic heterocycles. The Kier molecular flexibility index (Phi) is 10.8. The Morgan fingerprint density at radius 1 is 1.32 bits per heavy atom. The van der Waals surface area contributed by atoms with Gasteiger partial charge in [0.05, 0.1) is 32.4 Å². The molecule has 1 saturated heterocycles. The molecular formula is C14H25ClN2O5. The number of ether oxygens (including phenoxy) is 2. The lowest BCUT2D eigenvalue weighted by atomic mass is 10.3. The van der Waals surface area contributed by atoms with E-state index in [1.165, 1.54) is 0 Å². The van der Waals surface area contributed by atoms with Crippen molar-refractivity contribution < 1.29 is 23.9 Å². The smallest absolute Gasteiger partial charge is 0.349 e. The van der Waals surface area contributed by atoms with Crippen LogP contribution < -0.4 is 0 Å². The summed E-state index contributed by atoms with van der Waals surface area (Å²) in [4.78, 5) is 30.0. The number of nitrogens with zero attached hydrogens (tertiary/aromatic N) is 2. The van der Waals surface area contributed by atoms with Crippen LogP contribution in [0.2, 0.25) is 0 Å². The van der Waals surface area contributed by atoms with E-state index < -0.39 is 11.9 Å². The predicted octanol–water partition coefficient (Wildman–Crippen LogP) is 0.638. The minimum atomic E-state index is -0.589. The van der Waals surface area contributed by atoms with Gasteiger partial charge < -0.3 is 19.2 Å². The maximum absolute atomic E-state index is 11.6. The third-order valence-corrected chi connectivity index (χ3v) is 2.69. The Labute approximate surface area is 137 Å². The number of carbonyl (C=O) groups is 2. The van der Waals surface area contributed by atoms with Crippen LogP contribution in [0.3, 0.4) is 0 Å². The number of halogens is 1. The van der Waals surface area contributed by atoms with Crippen molar-refractivity contribution in [1.29, 1.82) is 0 Å². The second-order valence-electron chi connectivity index (χ2n) is 5.05. The summed E-state index contributed by atoms with van der Waals surface area (Å²) in [5, 5.41) is 1.56. The molecule has 1 rings (SSSR count). The first kappa shape index (κ1) is 20.9. The minimum absolute atomic E-state index is 0. The maximum atomic E-state index is 11.6. The van der Waals surface area contributed by atoms with Gasteiger partial charge in [0.15, 0.2) is 0 Å². The molecule has 0 aromatic rings. The highest BCUT2D eigenvalue weighted by Gasteiger charge is 2.23. The Morgan fingerprint density at radius 2 is 2.00 bits per heavy atom. The molecule has 128 valence electrons. The van der Waals surface area contributed by atoms with E-state index in [1.54, 1.807) is 5.06 Å². The highest BCUT2D eigenvalue weighted by atomic mass is 35.5. The van der Waals surface area contributed by atoms with Gasteiger partial charge in [0.2, 0.25) is 0 Å². The van der Waals surface area contributed by atoms with Crippen molar-refractivity contribution in [1.82, 2.24) is 9.96 Å². The second kappa shape index (κ2) is 11.4. The molecule has 0 N–H and O–H groups in total. The van der Waals surface area contributed by atoms with Crippen LogP contribution in [0.25, 0.3) is 0 Å². The Morgan fingerprint density at radius 3 is 2.64 bits per heavy atom. The first-order chi connectivity index (χ1) is 10.0. The highest BCUT2D eigenvalue weighted by Crippen LogP contribution is 2.07. The van der Waals surface area contributed by atoms with E-state index in [2.05, 4.69) is 0 Å². The van der Waals surface area contributed by atoms with E-state index in [1.807, 2.05) is 25.9 Å². The number of esters is 1. The van der Waals surface area contributed by atoms with Crippen molar-refractivity contribution in [2.45, 2.75) is 19.4 Å². The summed E-state index contributed by atoms with van der Waals surface area (Å²) in [5.41, 5.74) is 0. The van der Waals surface area contributed by atoms with E-state index in [9.17, 15) is 9.59 Å². The van der Waals surface area contributed by atoms with Gasteiger partial charge in [-0.15, -0.1) is 17.5 Å². The summed E-state index contributed by atoms with van der Waals surface area (Å²) < 4.78 is 10.4. The highest BCUT2D eigenvalue weighted by molar-refractivity contribution is 5.91. The largest absolute Gasteiger partial charge is 0.463 e. The molecule has 7 nitrogen and oxygen atoms in total. The van der Waals surface area contributed by atoms with E-state index in [0.29, 0.717) is 26.3 Å². The van der Waals surface area contributed by atoms with Crippen molar-refractivity contribution >= 4 is 24.3 Å². The lowest BCUT2D eigenvalue weighted by molar-refractivity contribution is -0.210. The van der Waals surface area contributed by atoms with Gasteiger partial charge in [-0.25, -0.2) is 9.59 Å². The van der Waals surface area contributed by atoms with Crippen LogP contribution in [-0.4, -0.2) is 74.9 Å². The molecule has 8 heteroatoms. The van der Waals surface area contributed by atoms with Crippen molar-refractivity contribution in [3.05, 3.63) is 12.2 Å². The molecule has 1 fully saturated rings. The first-order valence-corrected chi connectivity index (χ1v) is 7.09. The van der Waals surface area contributed by atoms with Gasteiger partial charge >= 0.3 is 11.9 Å². The summed E-state index contributed by atoms with van der Waals surface area (Å²) >= 11 is 0. The van der Waals surface area contributed by atoms with Crippen LogP contribution >= 0.6 is 12.4 Å². The Hall–Kier alpha value is -1.15. The van der Waals surface area contributed by atoms with Gasteiger partial charge in [-0.3, -0.25) is 0 Å². The quantitative estimate of drug-likeness (QED) is 0.499. The van der Waals surface area contributed by atoms with Gasteiger partial charge in [-0.05, 0) is 20.5 Å². The summed E-state index contributed by atoms with van der Waals surface area (Å²) in [6.45, 7) is 4.53. The van der Waals surface area contributed by atoms with Crippen LogP contribution in [0.1, 0.15) is 13.3 Å². The molecule has 0 aromatic heterocycles. The Balaban J connectivity index is 0.00000441. The van der Waals surface area contributed by atoms with Crippen molar-refractivity contribution in [3.63, 3.8) is 0 Å². The molecule has 0 aromatic carbocycles. The molecule has 1 unspecified atom stereocenters. The molecule has 0 aliphatic carbocycles. The summed E-state index contributed by atoms with van der Waals surface area (Å²) in [5.74, 6) is -1.13. The van der Waals surface area contributed by atoms with Gasteiger partial charge in [0, 0.05) is 18.7 Å². The van der Waals surface area contributed by atoms with Gasteiger partial charge in [-0.1, -0.05) is 6.92 Å². The lowest BCUT2D eigenvalue weighted by Crippen LogP contribution is -2.46. The van der Waals surface area contributed by atoms with E-state index in [4.69, 9.17) is 14.3 Å². The zero-order valence-electron chi connectivity index (χ0n) is 13.3. The number of rotatable bonds is 7. The number of morpholine rings is 1. The molecule has 0 amide bonds. The fraction of sp³-hybridized carbons (Fsp3) is 0.714. The first-order valence-electron chi connectivity index (χ1n) is 7.09. The number of hydrogen-bond acceptors (Lipinski definition) is 7. The molecule has 0 radical (unpaired) electrons. The van der Waals surface area contributed by atoms with E-state index in [-0.39, 0.29) is 18.5 Å². The standard InChI is InChI=1S/C14H24N2O5.ClH/c1-4-8-20-13(17)5-6-14(18)21-16-7-9-19-12(11-16)10-15(2)3;/h5-6,12H,4,7-11H2,1-3H3;1H/b6-5+;. The molecule has 1 heterocycles. The van der Waals surface area contributed by atoms with Crippen LogP contribution in [0.4, 0.5) is 0 Å². The van der Waals surface area contributed by atoms with Gasteiger partial charge in [0.1, 0.15) is 0 Å². The molecule has 0 spiro atoms. The monoisotopic (exact) mass is 336 g/mol. The molecule has 0 bridgehead atoms. The van der Waals surface area contributed by atoms with Crippen LogP contribution in [-0.2, 0) is 23.9 Å². The summed E-state index contributed by atoms with van der Waals surface area (Å²) in [6, 6.07) is 0. The third kappa shape index (κ3) is 8.99. The van der Waals surface area contributed by atoms with Gasteiger partial charge in [-0.2, -0.15) is 0 Å². The van der Waals surface area contributed by atoms with E-state index in [0.717, 1.165) is 25.1 Å². The van der Waals surface area contributed by atoms with E-state index >= 15 is 0 Å². The number of likely N-dealkylation sites (N-methyl/N-ethyl adjacent to an activating group) is 1. The normalized spacial score (nSPS) is 19.0.